The van der Waals surface area contributed by atoms with Gasteiger partial charge in [0.15, 0.2) is 5.78 Å². The van der Waals surface area contributed by atoms with Gasteiger partial charge in [-0.1, -0.05) is 18.2 Å². The van der Waals surface area contributed by atoms with Gasteiger partial charge in [-0.3, -0.25) is 4.79 Å². The van der Waals surface area contributed by atoms with Crippen LogP contribution < -0.4 is 5.32 Å². The van der Waals surface area contributed by atoms with Gasteiger partial charge in [0, 0.05) is 6.42 Å². The maximum absolute atomic E-state index is 12.0. The van der Waals surface area contributed by atoms with E-state index in [-0.39, 0.29) is 18.5 Å². The van der Waals surface area contributed by atoms with Crippen LogP contribution in [0, 0.1) is 0 Å². The highest BCUT2D eigenvalue weighted by Gasteiger charge is 2.16. The Morgan fingerprint density at radius 1 is 1.20 bits per heavy atom. The first-order valence-corrected chi connectivity index (χ1v) is 7.76. The van der Waals surface area contributed by atoms with Crippen LogP contribution in [0.25, 0.3) is 0 Å². The molecule has 1 N–H and O–H groups in total. The lowest BCUT2D eigenvalue weighted by molar-refractivity contribution is -0.125. The van der Waals surface area contributed by atoms with Crippen molar-refractivity contribution >= 4 is 5.78 Å². The highest BCUT2D eigenvalue weighted by molar-refractivity contribution is 5.82. The Labute approximate surface area is 120 Å². The number of ether oxygens (including phenoxy) is 1. The van der Waals surface area contributed by atoms with Crippen LogP contribution in [0.2, 0.25) is 0 Å². The molecule has 0 atom stereocenters. The number of carbonyl (C=O) groups is 1. The number of nitrogens with one attached hydrogen (secondary N) is 1. The van der Waals surface area contributed by atoms with Gasteiger partial charge in [-0.05, 0) is 61.9 Å². The molecule has 1 saturated heterocycles. The molecule has 1 aromatic rings. The number of Topliss-reactive ketones (excluding diaryl/α,β-unsaturated/α-hetero) is 1. The van der Waals surface area contributed by atoms with Crippen molar-refractivity contribution in [3.8, 4) is 0 Å². The second kappa shape index (κ2) is 6.51. The second-order valence-electron chi connectivity index (χ2n) is 5.93. The number of carbonyl (C=O) groups excluding carboxylic acids is 1. The predicted molar refractivity (Wildman–Crippen MR) is 79.0 cm³/mol. The van der Waals surface area contributed by atoms with Gasteiger partial charge >= 0.3 is 0 Å². The molecule has 0 radical (unpaired) electrons. The Hall–Kier alpha value is -1.19. The number of ketones is 1. The van der Waals surface area contributed by atoms with E-state index in [0.29, 0.717) is 6.42 Å². The summed E-state index contributed by atoms with van der Waals surface area (Å²) in [7, 11) is 0. The molecule has 0 amide bonds. The zero-order valence-electron chi connectivity index (χ0n) is 12.0. The Balaban J connectivity index is 1.48. The molecular weight excluding hydrogens is 250 g/mol. The molecule has 1 aliphatic carbocycles. The molecule has 1 fully saturated rings. The van der Waals surface area contributed by atoms with Crippen molar-refractivity contribution in [1.82, 2.24) is 5.32 Å². The average Bonchev–Trinajstić information content (AvgIpc) is 2.94. The van der Waals surface area contributed by atoms with Crippen LogP contribution >= 0.6 is 0 Å². The standard InChI is InChI=1S/C17H23NO2/c19-16(12-20-17-6-8-18-9-7-17)11-13-4-5-14-2-1-3-15(14)10-13/h4-5,10,17-18H,1-3,6-9,11-12H2. The normalized spacial score (nSPS) is 19.0. The van der Waals surface area contributed by atoms with Crippen molar-refractivity contribution < 1.29 is 9.53 Å². The molecule has 0 spiro atoms. The van der Waals surface area contributed by atoms with Crippen LogP contribution in [0.15, 0.2) is 18.2 Å². The summed E-state index contributed by atoms with van der Waals surface area (Å²) in [6, 6.07) is 6.51. The Morgan fingerprint density at radius 2 is 2.00 bits per heavy atom. The van der Waals surface area contributed by atoms with Crippen molar-refractivity contribution in [2.45, 2.75) is 44.6 Å². The van der Waals surface area contributed by atoms with E-state index in [1.54, 1.807) is 0 Å². The van der Waals surface area contributed by atoms with Crippen molar-refractivity contribution in [3.63, 3.8) is 0 Å². The minimum absolute atomic E-state index is 0.196. The number of fused-ring (bicyclic) bond motifs is 1. The van der Waals surface area contributed by atoms with Crippen LogP contribution in [0.1, 0.15) is 36.0 Å². The lowest BCUT2D eigenvalue weighted by Crippen LogP contribution is -2.33. The van der Waals surface area contributed by atoms with E-state index in [1.165, 1.54) is 30.4 Å². The summed E-state index contributed by atoms with van der Waals surface area (Å²) in [5, 5.41) is 3.30. The number of benzene rings is 1. The largest absolute Gasteiger partial charge is 0.370 e. The highest BCUT2D eigenvalue weighted by Crippen LogP contribution is 2.23. The fourth-order valence-corrected chi connectivity index (χ4v) is 3.19. The Kier molecular flexibility index (Phi) is 4.48. The molecule has 0 unspecified atom stereocenters. The molecule has 0 saturated carbocycles. The Bertz CT molecular complexity index is 478. The monoisotopic (exact) mass is 273 g/mol. The van der Waals surface area contributed by atoms with Gasteiger partial charge in [-0.15, -0.1) is 0 Å². The van der Waals surface area contributed by atoms with E-state index in [2.05, 4.69) is 23.5 Å². The first-order valence-electron chi connectivity index (χ1n) is 7.76. The van der Waals surface area contributed by atoms with Crippen LogP contribution in [-0.4, -0.2) is 31.6 Å². The molecule has 2 aliphatic rings. The van der Waals surface area contributed by atoms with Crippen LogP contribution in [0.4, 0.5) is 0 Å². The van der Waals surface area contributed by atoms with Gasteiger partial charge in [-0.2, -0.15) is 0 Å². The van der Waals surface area contributed by atoms with Crippen molar-refractivity contribution in [2.75, 3.05) is 19.7 Å². The molecule has 1 aliphatic heterocycles. The molecule has 3 heteroatoms. The summed E-state index contributed by atoms with van der Waals surface area (Å²) in [6.07, 6.45) is 6.44. The first kappa shape index (κ1) is 13.8. The molecule has 1 heterocycles. The third-order valence-corrected chi connectivity index (χ3v) is 4.33. The number of rotatable bonds is 5. The van der Waals surface area contributed by atoms with Crippen molar-refractivity contribution in [2.24, 2.45) is 0 Å². The molecule has 0 bridgehead atoms. The van der Waals surface area contributed by atoms with E-state index in [0.717, 1.165) is 31.5 Å². The van der Waals surface area contributed by atoms with Gasteiger partial charge < -0.3 is 10.1 Å². The van der Waals surface area contributed by atoms with Crippen LogP contribution in [-0.2, 0) is 28.8 Å². The van der Waals surface area contributed by atoms with Gasteiger partial charge in [0.1, 0.15) is 6.61 Å². The topological polar surface area (TPSA) is 38.3 Å². The van der Waals surface area contributed by atoms with Crippen molar-refractivity contribution in [3.05, 3.63) is 34.9 Å². The van der Waals surface area contributed by atoms with Gasteiger partial charge in [0.2, 0.25) is 0 Å². The third kappa shape index (κ3) is 3.47. The highest BCUT2D eigenvalue weighted by atomic mass is 16.5. The second-order valence-corrected chi connectivity index (χ2v) is 5.93. The summed E-state index contributed by atoms with van der Waals surface area (Å²) in [5.41, 5.74) is 4.05. The molecular formula is C17H23NO2. The summed E-state index contributed by atoms with van der Waals surface area (Å²) in [6.45, 7) is 2.27. The molecule has 1 aromatic carbocycles. The SMILES string of the molecule is O=C(COC1CCNCC1)Cc1ccc2c(c1)CCC2. The van der Waals surface area contributed by atoms with Crippen LogP contribution in [0.5, 0.6) is 0 Å². The lowest BCUT2D eigenvalue weighted by atomic mass is 10.0. The number of piperidine rings is 1. The van der Waals surface area contributed by atoms with Crippen LogP contribution in [0.3, 0.4) is 0 Å². The fourth-order valence-electron chi connectivity index (χ4n) is 3.19. The summed E-state index contributed by atoms with van der Waals surface area (Å²) in [5.74, 6) is 0.196. The summed E-state index contributed by atoms with van der Waals surface area (Å²) < 4.78 is 5.72. The average molecular weight is 273 g/mol. The third-order valence-electron chi connectivity index (χ3n) is 4.33. The molecule has 3 rings (SSSR count). The van der Waals surface area contributed by atoms with E-state index in [9.17, 15) is 4.79 Å². The van der Waals surface area contributed by atoms with Gasteiger partial charge in [0.05, 0.1) is 6.10 Å². The molecule has 3 nitrogen and oxygen atoms in total. The maximum atomic E-state index is 12.0. The zero-order chi connectivity index (χ0) is 13.8. The van der Waals surface area contributed by atoms with E-state index in [4.69, 9.17) is 4.74 Å². The van der Waals surface area contributed by atoms with E-state index >= 15 is 0 Å². The first-order chi connectivity index (χ1) is 9.81. The Morgan fingerprint density at radius 3 is 2.85 bits per heavy atom. The van der Waals surface area contributed by atoms with Crippen molar-refractivity contribution in [1.29, 1.82) is 0 Å². The number of hydrogen-bond acceptors (Lipinski definition) is 3. The van der Waals surface area contributed by atoms with E-state index in [1.807, 2.05) is 0 Å². The minimum Gasteiger partial charge on any atom is -0.370 e. The molecule has 0 aromatic heterocycles. The molecule has 108 valence electrons. The zero-order valence-corrected chi connectivity index (χ0v) is 12.0. The maximum Gasteiger partial charge on any atom is 0.162 e. The summed E-state index contributed by atoms with van der Waals surface area (Å²) >= 11 is 0. The minimum atomic E-state index is 0.196. The predicted octanol–water partition coefficient (Wildman–Crippen LogP) is 2.06. The quantitative estimate of drug-likeness (QED) is 0.892. The smallest absolute Gasteiger partial charge is 0.162 e. The van der Waals surface area contributed by atoms with E-state index < -0.39 is 0 Å². The van der Waals surface area contributed by atoms with Gasteiger partial charge in [0.25, 0.3) is 0 Å². The molecule has 20 heavy (non-hydrogen) atoms. The van der Waals surface area contributed by atoms with Gasteiger partial charge in [-0.25, -0.2) is 0 Å². The lowest BCUT2D eigenvalue weighted by Gasteiger charge is -2.22. The number of aryl methyl sites for hydroxylation is 2. The number of hydrogen-bond donors (Lipinski definition) is 1. The summed E-state index contributed by atoms with van der Waals surface area (Å²) in [4.78, 5) is 12.0. The fraction of sp³-hybridized carbons (Fsp3) is 0.588.